The predicted molar refractivity (Wildman–Crippen MR) is 77.8 cm³/mol. The molecule has 0 spiro atoms. The van der Waals surface area contributed by atoms with Crippen molar-refractivity contribution in [3.63, 3.8) is 0 Å². The van der Waals surface area contributed by atoms with Gasteiger partial charge >= 0.3 is 0 Å². The van der Waals surface area contributed by atoms with E-state index in [-0.39, 0.29) is 6.54 Å². The van der Waals surface area contributed by atoms with E-state index in [0.29, 0.717) is 23.7 Å². The highest BCUT2D eigenvalue weighted by Gasteiger charge is 2.16. The van der Waals surface area contributed by atoms with Gasteiger partial charge in [-0.25, -0.2) is 0 Å². The lowest BCUT2D eigenvalue weighted by Gasteiger charge is -2.17. The van der Waals surface area contributed by atoms with Gasteiger partial charge in [0, 0.05) is 12.1 Å². The Labute approximate surface area is 118 Å². The minimum atomic E-state index is -0.759. The Morgan fingerprint density at radius 1 is 1.10 bits per heavy atom. The van der Waals surface area contributed by atoms with E-state index in [9.17, 15) is 5.11 Å². The fraction of sp³-hybridized carbons (Fsp3) is 0.250. The predicted octanol–water partition coefficient (Wildman–Crippen LogP) is 2.27. The maximum absolute atomic E-state index is 9.89. The molecule has 0 aliphatic carbocycles. The molecule has 4 nitrogen and oxygen atoms in total. The van der Waals surface area contributed by atoms with Gasteiger partial charge in [0.05, 0.1) is 13.2 Å². The summed E-state index contributed by atoms with van der Waals surface area (Å²) < 4.78 is 11.1. The Balaban J connectivity index is 2.19. The summed E-state index contributed by atoms with van der Waals surface area (Å²) >= 11 is 0. The van der Waals surface area contributed by atoms with Crippen LogP contribution in [0.15, 0.2) is 48.5 Å². The third-order valence-electron chi connectivity index (χ3n) is 3.03. The summed E-state index contributed by atoms with van der Waals surface area (Å²) in [6.07, 6.45) is -0.759. The molecule has 0 saturated carbocycles. The van der Waals surface area contributed by atoms with Crippen LogP contribution in [0, 0.1) is 0 Å². The van der Waals surface area contributed by atoms with E-state index in [4.69, 9.17) is 15.2 Å². The average molecular weight is 273 g/mol. The van der Waals surface area contributed by atoms with E-state index >= 15 is 0 Å². The molecule has 3 N–H and O–H groups in total. The zero-order chi connectivity index (χ0) is 14.4. The van der Waals surface area contributed by atoms with Crippen LogP contribution in [0.25, 0.3) is 0 Å². The Bertz CT molecular complexity index is 543. The summed E-state index contributed by atoms with van der Waals surface area (Å²) in [6.45, 7) is 0.581. The minimum Gasteiger partial charge on any atom is -0.492 e. The summed E-state index contributed by atoms with van der Waals surface area (Å²) in [5.74, 6) is 1.13. The summed E-state index contributed by atoms with van der Waals surface area (Å²) in [5.41, 5.74) is 7.20. The van der Waals surface area contributed by atoms with Crippen molar-refractivity contribution in [1.82, 2.24) is 0 Å². The zero-order valence-corrected chi connectivity index (χ0v) is 11.5. The standard InChI is InChI=1S/C16H19NO3/c1-19-16-13(14(18)10-17)8-5-9-15(16)20-11-12-6-3-2-4-7-12/h2-9,14,18H,10-11,17H2,1H3. The lowest BCUT2D eigenvalue weighted by Crippen LogP contribution is -2.13. The fourth-order valence-corrected chi connectivity index (χ4v) is 1.99. The quantitative estimate of drug-likeness (QED) is 0.847. The van der Waals surface area contributed by atoms with Crippen LogP contribution in [0.5, 0.6) is 11.5 Å². The molecule has 1 unspecified atom stereocenters. The van der Waals surface area contributed by atoms with Crippen molar-refractivity contribution in [3.8, 4) is 11.5 Å². The summed E-state index contributed by atoms with van der Waals surface area (Å²) in [6, 6.07) is 15.3. The molecule has 106 valence electrons. The van der Waals surface area contributed by atoms with Crippen LogP contribution in [0.1, 0.15) is 17.2 Å². The number of methoxy groups -OCH3 is 1. The largest absolute Gasteiger partial charge is 0.492 e. The highest BCUT2D eigenvalue weighted by molar-refractivity contribution is 5.47. The van der Waals surface area contributed by atoms with Gasteiger partial charge in [-0.05, 0) is 11.6 Å². The van der Waals surface area contributed by atoms with Crippen molar-refractivity contribution in [2.75, 3.05) is 13.7 Å². The Morgan fingerprint density at radius 2 is 1.85 bits per heavy atom. The van der Waals surface area contributed by atoms with E-state index in [0.717, 1.165) is 5.56 Å². The molecule has 0 heterocycles. The highest BCUT2D eigenvalue weighted by Crippen LogP contribution is 2.34. The van der Waals surface area contributed by atoms with Crippen LogP contribution >= 0.6 is 0 Å². The van der Waals surface area contributed by atoms with Crippen molar-refractivity contribution in [2.45, 2.75) is 12.7 Å². The van der Waals surface area contributed by atoms with Gasteiger partial charge in [-0.15, -0.1) is 0 Å². The lowest BCUT2D eigenvalue weighted by molar-refractivity contribution is 0.180. The van der Waals surface area contributed by atoms with E-state index in [1.165, 1.54) is 0 Å². The second kappa shape index (κ2) is 6.93. The van der Waals surface area contributed by atoms with Gasteiger partial charge in [0.2, 0.25) is 0 Å². The first-order chi connectivity index (χ1) is 9.76. The molecule has 20 heavy (non-hydrogen) atoms. The molecule has 2 aromatic rings. The molecule has 0 amide bonds. The molecule has 2 rings (SSSR count). The third kappa shape index (κ3) is 3.29. The molecule has 0 aromatic heterocycles. The maximum Gasteiger partial charge on any atom is 0.166 e. The number of hydrogen-bond donors (Lipinski definition) is 2. The summed E-state index contributed by atoms with van der Waals surface area (Å²) in [7, 11) is 1.55. The van der Waals surface area contributed by atoms with Gasteiger partial charge in [0.15, 0.2) is 11.5 Å². The van der Waals surface area contributed by atoms with Crippen LogP contribution < -0.4 is 15.2 Å². The van der Waals surface area contributed by atoms with Crippen molar-refractivity contribution >= 4 is 0 Å². The third-order valence-corrected chi connectivity index (χ3v) is 3.03. The summed E-state index contributed by atoms with van der Waals surface area (Å²) in [4.78, 5) is 0. The molecule has 0 radical (unpaired) electrons. The molecular formula is C16H19NO3. The van der Waals surface area contributed by atoms with E-state index in [2.05, 4.69) is 0 Å². The molecule has 0 aliphatic rings. The Morgan fingerprint density at radius 3 is 2.50 bits per heavy atom. The molecule has 0 bridgehead atoms. The second-order valence-electron chi connectivity index (χ2n) is 4.40. The number of aliphatic hydroxyl groups is 1. The molecule has 2 aromatic carbocycles. The smallest absolute Gasteiger partial charge is 0.166 e. The van der Waals surface area contributed by atoms with E-state index in [1.54, 1.807) is 13.2 Å². The first kappa shape index (κ1) is 14.4. The monoisotopic (exact) mass is 273 g/mol. The fourth-order valence-electron chi connectivity index (χ4n) is 1.99. The summed E-state index contributed by atoms with van der Waals surface area (Å²) in [5, 5.41) is 9.89. The van der Waals surface area contributed by atoms with E-state index in [1.807, 2.05) is 42.5 Å². The molecule has 0 fully saturated rings. The van der Waals surface area contributed by atoms with Crippen LogP contribution in [-0.4, -0.2) is 18.8 Å². The second-order valence-corrected chi connectivity index (χ2v) is 4.40. The van der Waals surface area contributed by atoms with Crippen LogP contribution in [0.4, 0.5) is 0 Å². The van der Waals surface area contributed by atoms with Crippen molar-refractivity contribution < 1.29 is 14.6 Å². The number of benzene rings is 2. The first-order valence-electron chi connectivity index (χ1n) is 6.48. The first-order valence-corrected chi connectivity index (χ1v) is 6.48. The van der Waals surface area contributed by atoms with E-state index < -0.39 is 6.10 Å². The Kier molecular flexibility index (Phi) is 4.98. The SMILES string of the molecule is COc1c(OCc2ccccc2)cccc1C(O)CN. The number of rotatable bonds is 6. The van der Waals surface area contributed by atoms with Crippen LogP contribution in [-0.2, 0) is 6.61 Å². The van der Waals surface area contributed by atoms with Crippen molar-refractivity contribution in [1.29, 1.82) is 0 Å². The minimum absolute atomic E-state index is 0.137. The van der Waals surface area contributed by atoms with Crippen molar-refractivity contribution in [2.24, 2.45) is 5.73 Å². The molecule has 4 heteroatoms. The number of hydrogen-bond acceptors (Lipinski definition) is 4. The average Bonchev–Trinajstić information content (AvgIpc) is 2.52. The normalized spacial score (nSPS) is 11.9. The molecular weight excluding hydrogens is 254 g/mol. The molecule has 0 aliphatic heterocycles. The van der Waals surface area contributed by atoms with Gasteiger partial charge in [0.25, 0.3) is 0 Å². The van der Waals surface area contributed by atoms with Gasteiger partial charge in [-0.2, -0.15) is 0 Å². The molecule has 1 atom stereocenters. The van der Waals surface area contributed by atoms with Crippen LogP contribution in [0.2, 0.25) is 0 Å². The van der Waals surface area contributed by atoms with Gasteiger partial charge in [-0.1, -0.05) is 42.5 Å². The highest BCUT2D eigenvalue weighted by atomic mass is 16.5. The van der Waals surface area contributed by atoms with Crippen molar-refractivity contribution in [3.05, 3.63) is 59.7 Å². The van der Waals surface area contributed by atoms with Gasteiger partial charge < -0.3 is 20.3 Å². The molecule has 0 saturated heterocycles. The lowest BCUT2D eigenvalue weighted by atomic mass is 10.1. The number of para-hydroxylation sites is 1. The topological polar surface area (TPSA) is 64.7 Å². The van der Waals surface area contributed by atoms with Gasteiger partial charge in [-0.3, -0.25) is 0 Å². The number of nitrogens with two attached hydrogens (primary N) is 1. The zero-order valence-electron chi connectivity index (χ0n) is 11.5. The number of ether oxygens (including phenoxy) is 2. The van der Waals surface area contributed by atoms with Crippen LogP contribution in [0.3, 0.4) is 0 Å². The van der Waals surface area contributed by atoms with Gasteiger partial charge in [0.1, 0.15) is 6.61 Å². The Hall–Kier alpha value is -2.04. The maximum atomic E-state index is 9.89. The number of aliphatic hydroxyl groups excluding tert-OH is 1.